The third-order valence-corrected chi connectivity index (χ3v) is 2.93. The van der Waals surface area contributed by atoms with Crippen LogP contribution in [-0.4, -0.2) is 5.91 Å². The van der Waals surface area contributed by atoms with Gasteiger partial charge in [-0.2, -0.15) is 0 Å². The summed E-state index contributed by atoms with van der Waals surface area (Å²) >= 11 is 0. The number of furan rings is 1. The van der Waals surface area contributed by atoms with Crippen LogP contribution in [0.1, 0.15) is 29.9 Å². The molecule has 0 radical (unpaired) electrons. The molecule has 0 aliphatic rings. The fourth-order valence-corrected chi connectivity index (χ4v) is 1.81. The summed E-state index contributed by atoms with van der Waals surface area (Å²) in [5, 5.41) is 2.85. The van der Waals surface area contributed by atoms with Crippen LogP contribution < -0.4 is 5.32 Å². The molecule has 2 aromatic rings. The molecule has 0 aliphatic carbocycles. The van der Waals surface area contributed by atoms with Crippen molar-refractivity contribution in [3.63, 3.8) is 0 Å². The number of aryl methyl sites for hydroxylation is 1. The number of carbonyl (C=O) groups is 1. The molecule has 0 saturated heterocycles. The number of rotatable bonds is 4. The summed E-state index contributed by atoms with van der Waals surface area (Å²) in [5.41, 5.74) is 2.19. The first-order valence-electron chi connectivity index (χ1n) is 6.24. The minimum atomic E-state index is -0.135. The van der Waals surface area contributed by atoms with Gasteiger partial charge in [0.25, 0.3) is 0 Å². The predicted octanol–water partition coefficient (Wildman–Crippen LogP) is 3.48. The molecule has 1 unspecified atom stereocenters. The van der Waals surface area contributed by atoms with Gasteiger partial charge in [-0.3, -0.25) is 4.79 Å². The van der Waals surface area contributed by atoms with Crippen LogP contribution in [-0.2, 0) is 4.79 Å². The van der Waals surface area contributed by atoms with E-state index in [9.17, 15) is 4.79 Å². The lowest BCUT2D eigenvalue weighted by Crippen LogP contribution is -2.24. The first kappa shape index (κ1) is 13.1. The molecular formula is C16H17NO2. The van der Waals surface area contributed by atoms with E-state index in [4.69, 9.17) is 4.42 Å². The Morgan fingerprint density at radius 2 is 2.05 bits per heavy atom. The number of hydrogen-bond acceptors (Lipinski definition) is 2. The molecule has 1 aromatic carbocycles. The Morgan fingerprint density at radius 1 is 1.26 bits per heavy atom. The summed E-state index contributed by atoms with van der Waals surface area (Å²) in [5.74, 6) is 0.616. The zero-order valence-electron chi connectivity index (χ0n) is 11.1. The highest BCUT2D eigenvalue weighted by Gasteiger charge is 2.09. The zero-order chi connectivity index (χ0) is 13.7. The Labute approximate surface area is 112 Å². The molecule has 3 heteroatoms. The molecule has 3 nitrogen and oxygen atoms in total. The largest absolute Gasteiger partial charge is 0.467 e. The average molecular weight is 255 g/mol. The molecule has 98 valence electrons. The lowest BCUT2D eigenvalue weighted by atomic mass is 10.1. The second-order valence-corrected chi connectivity index (χ2v) is 4.44. The minimum Gasteiger partial charge on any atom is -0.467 e. The molecule has 2 rings (SSSR count). The van der Waals surface area contributed by atoms with Gasteiger partial charge in [-0.25, -0.2) is 0 Å². The third-order valence-electron chi connectivity index (χ3n) is 2.93. The number of amides is 1. The smallest absolute Gasteiger partial charge is 0.244 e. The van der Waals surface area contributed by atoms with Crippen LogP contribution in [0.25, 0.3) is 6.08 Å². The summed E-state index contributed by atoms with van der Waals surface area (Å²) < 4.78 is 5.24. The number of hydrogen-bond donors (Lipinski definition) is 1. The van der Waals surface area contributed by atoms with Gasteiger partial charge >= 0.3 is 0 Å². The number of nitrogens with one attached hydrogen (secondary N) is 1. The first-order chi connectivity index (χ1) is 9.16. The van der Waals surface area contributed by atoms with Crippen LogP contribution in [0.4, 0.5) is 0 Å². The lowest BCUT2D eigenvalue weighted by Gasteiger charge is -2.09. The van der Waals surface area contributed by atoms with E-state index in [0.717, 1.165) is 16.9 Å². The van der Waals surface area contributed by atoms with Crippen molar-refractivity contribution in [2.45, 2.75) is 19.9 Å². The predicted molar refractivity (Wildman–Crippen MR) is 75.5 cm³/mol. The van der Waals surface area contributed by atoms with Crippen molar-refractivity contribution in [2.24, 2.45) is 0 Å². The highest BCUT2D eigenvalue weighted by atomic mass is 16.3. The maximum absolute atomic E-state index is 11.8. The van der Waals surface area contributed by atoms with Crippen LogP contribution in [0.2, 0.25) is 0 Å². The third kappa shape index (κ3) is 3.58. The fourth-order valence-electron chi connectivity index (χ4n) is 1.81. The van der Waals surface area contributed by atoms with Crippen LogP contribution in [0.5, 0.6) is 0 Å². The Bertz CT molecular complexity index is 570. The molecule has 1 atom stereocenters. The van der Waals surface area contributed by atoms with Gasteiger partial charge in [0.15, 0.2) is 0 Å². The molecule has 0 fully saturated rings. The van der Waals surface area contributed by atoms with Gasteiger partial charge in [0.05, 0.1) is 12.3 Å². The zero-order valence-corrected chi connectivity index (χ0v) is 11.1. The summed E-state index contributed by atoms with van der Waals surface area (Å²) in [6.07, 6.45) is 4.96. The Morgan fingerprint density at radius 3 is 2.74 bits per heavy atom. The molecule has 19 heavy (non-hydrogen) atoms. The van der Waals surface area contributed by atoms with Crippen molar-refractivity contribution < 1.29 is 9.21 Å². The van der Waals surface area contributed by atoms with E-state index in [1.165, 1.54) is 0 Å². The molecule has 0 bridgehead atoms. The minimum absolute atomic E-state index is 0.132. The normalized spacial score (nSPS) is 12.5. The standard InChI is InChI=1S/C16H17NO2/c1-12-6-3-4-7-14(12)9-10-16(18)17-13(2)15-8-5-11-19-15/h3-11,13H,1-2H3,(H,17,18)/b10-9+. The molecule has 1 amide bonds. The van der Waals surface area contributed by atoms with Gasteiger partial charge in [0.2, 0.25) is 5.91 Å². The van der Waals surface area contributed by atoms with E-state index < -0.39 is 0 Å². The van der Waals surface area contributed by atoms with Gasteiger partial charge in [-0.1, -0.05) is 24.3 Å². The summed E-state index contributed by atoms with van der Waals surface area (Å²) in [6.45, 7) is 3.90. The summed E-state index contributed by atoms with van der Waals surface area (Å²) in [7, 11) is 0. The van der Waals surface area contributed by atoms with E-state index in [1.54, 1.807) is 18.4 Å². The van der Waals surface area contributed by atoms with Gasteiger partial charge in [0.1, 0.15) is 5.76 Å². The van der Waals surface area contributed by atoms with Crippen LogP contribution in [0.15, 0.2) is 53.2 Å². The molecule has 0 saturated carbocycles. The second-order valence-electron chi connectivity index (χ2n) is 4.44. The quantitative estimate of drug-likeness (QED) is 0.850. The van der Waals surface area contributed by atoms with Gasteiger partial charge in [-0.15, -0.1) is 0 Å². The number of benzene rings is 1. The highest BCUT2D eigenvalue weighted by molar-refractivity contribution is 5.92. The van der Waals surface area contributed by atoms with Crippen molar-refractivity contribution in [1.82, 2.24) is 5.32 Å². The van der Waals surface area contributed by atoms with E-state index in [1.807, 2.05) is 50.3 Å². The van der Waals surface area contributed by atoms with Gasteiger partial charge in [-0.05, 0) is 43.2 Å². The monoisotopic (exact) mass is 255 g/mol. The first-order valence-corrected chi connectivity index (χ1v) is 6.24. The van der Waals surface area contributed by atoms with Crippen LogP contribution in [0.3, 0.4) is 0 Å². The number of carbonyl (C=O) groups excluding carboxylic acids is 1. The topological polar surface area (TPSA) is 42.2 Å². The SMILES string of the molecule is Cc1ccccc1/C=C/C(=O)NC(C)c1ccco1. The van der Waals surface area contributed by atoms with Gasteiger partial charge in [0, 0.05) is 6.08 Å². The second kappa shape index (κ2) is 6.05. The molecule has 0 spiro atoms. The van der Waals surface area contributed by atoms with Crippen molar-refractivity contribution in [3.8, 4) is 0 Å². The lowest BCUT2D eigenvalue weighted by molar-refractivity contribution is -0.117. The average Bonchev–Trinajstić information content (AvgIpc) is 2.91. The van der Waals surface area contributed by atoms with E-state index in [0.29, 0.717) is 0 Å². The Balaban J connectivity index is 1.96. The Hall–Kier alpha value is -2.29. The molecule has 0 aliphatic heterocycles. The summed E-state index contributed by atoms with van der Waals surface area (Å²) in [4.78, 5) is 11.8. The van der Waals surface area contributed by atoms with Crippen LogP contribution in [0, 0.1) is 6.92 Å². The van der Waals surface area contributed by atoms with Crippen molar-refractivity contribution in [1.29, 1.82) is 0 Å². The van der Waals surface area contributed by atoms with E-state index in [-0.39, 0.29) is 11.9 Å². The molecule has 1 aromatic heterocycles. The van der Waals surface area contributed by atoms with Gasteiger partial charge < -0.3 is 9.73 Å². The molecular weight excluding hydrogens is 238 g/mol. The van der Waals surface area contributed by atoms with Crippen molar-refractivity contribution in [2.75, 3.05) is 0 Å². The molecule has 1 heterocycles. The van der Waals surface area contributed by atoms with Crippen LogP contribution >= 0.6 is 0 Å². The highest BCUT2D eigenvalue weighted by Crippen LogP contribution is 2.12. The van der Waals surface area contributed by atoms with Crippen molar-refractivity contribution in [3.05, 3.63) is 65.6 Å². The maximum atomic E-state index is 11.8. The summed E-state index contributed by atoms with van der Waals surface area (Å²) in [6, 6.07) is 11.4. The van der Waals surface area contributed by atoms with E-state index >= 15 is 0 Å². The Kier molecular flexibility index (Phi) is 4.18. The van der Waals surface area contributed by atoms with E-state index in [2.05, 4.69) is 5.32 Å². The maximum Gasteiger partial charge on any atom is 0.244 e. The van der Waals surface area contributed by atoms with Crippen molar-refractivity contribution >= 4 is 12.0 Å². The molecule has 1 N–H and O–H groups in total. The fraction of sp³-hybridized carbons (Fsp3) is 0.188.